The van der Waals surface area contributed by atoms with Gasteiger partial charge in [-0.05, 0) is 61.5 Å². The highest BCUT2D eigenvalue weighted by atomic mass is 19.1. The molecule has 1 aliphatic heterocycles. The first-order valence-electron chi connectivity index (χ1n) is 10.8. The lowest BCUT2D eigenvalue weighted by Crippen LogP contribution is -2.50. The Kier molecular flexibility index (Phi) is 6.88. The average molecular weight is 448 g/mol. The molecule has 0 N–H and O–H groups in total. The maximum absolute atomic E-state index is 14.4. The van der Waals surface area contributed by atoms with Gasteiger partial charge in [0, 0.05) is 31.7 Å². The second-order valence-corrected chi connectivity index (χ2v) is 7.77. The van der Waals surface area contributed by atoms with Gasteiger partial charge in [-0.3, -0.25) is 9.59 Å². The fourth-order valence-electron chi connectivity index (χ4n) is 3.64. The summed E-state index contributed by atoms with van der Waals surface area (Å²) in [5, 5.41) is 0. The van der Waals surface area contributed by atoms with Crippen LogP contribution in [0.25, 0.3) is 0 Å². The van der Waals surface area contributed by atoms with Crippen molar-refractivity contribution in [2.45, 2.75) is 6.92 Å². The first-order chi connectivity index (χ1) is 16.0. The normalized spacial score (nSPS) is 13.5. The third-order valence-electron chi connectivity index (χ3n) is 5.49. The molecule has 1 fully saturated rings. The van der Waals surface area contributed by atoms with Crippen molar-refractivity contribution in [3.8, 4) is 17.2 Å². The van der Waals surface area contributed by atoms with Crippen LogP contribution in [0.4, 0.5) is 10.1 Å². The van der Waals surface area contributed by atoms with Gasteiger partial charge >= 0.3 is 0 Å². The van der Waals surface area contributed by atoms with Gasteiger partial charge in [0.15, 0.2) is 12.4 Å². The molecule has 0 bridgehead atoms. The van der Waals surface area contributed by atoms with E-state index in [-0.39, 0.29) is 18.3 Å². The number of hydrogen-bond donors (Lipinski definition) is 0. The fourth-order valence-corrected chi connectivity index (χ4v) is 3.64. The number of ketones is 1. The summed E-state index contributed by atoms with van der Waals surface area (Å²) < 4.78 is 25.8. The SMILES string of the molecule is CC(=O)c1ccc(N2CCN(C(=O)COc3ccc(Oc4ccccc4)cc3)CC2)c(F)c1. The molecule has 1 heterocycles. The molecule has 1 saturated heterocycles. The van der Waals surface area contributed by atoms with E-state index in [0.29, 0.717) is 48.9 Å². The minimum absolute atomic E-state index is 0.0689. The summed E-state index contributed by atoms with van der Waals surface area (Å²) in [6.07, 6.45) is 0. The zero-order chi connectivity index (χ0) is 23.2. The maximum Gasteiger partial charge on any atom is 0.260 e. The van der Waals surface area contributed by atoms with Gasteiger partial charge in [-0.25, -0.2) is 4.39 Å². The van der Waals surface area contributed by atoms with E-state index in [9.17, 15) is 14.0 Å². The zero-order valence-corrected chi connectivity index (χ0v) is 18.4. The summed E-state index contributed by atoms with van der Waals surface area (Å²) in [5.74, 6) is 1.29. The van der Waals surface area contributed by atoms with Gasteiger partial charge in [0.2, 0.25) is 0 Å². The largest absolute Gasteiger partial charge is 0.484 e. The van der Waals surface area contributed by atoms with Gasteiger partial charge in [0.05, 0.1) is 5.69 Å². The number of amides is 1. The van der Waals surface area contributed by atoms with E-state index >= 15 is 0 Å². The number of carbonyl (C=O) groups excluding carboxylic acids is 2. The van der Waals surface area contributed by atoms with Crippen LogP contribution in [-0.4, -0.2) is 49.4 Å². The summed E-state index contributed by atoms with van der Waals surface area (Å²) >= 11 is 0. The second kappa shape index (κ2) is 10.2. The Morgan fingerprint density at radius 3 is 2.12 bits per heavy atom. The average Bonchev–Trinajstić information content (AvgIpc) is 2.84. The Hall–Kier alpha value is -3.87. The van der Waals surface area contributed by atoms with Crippen LogP contribution < -0.4 is 14.4 Å². The van der Waals surface area contributed by atoms with Crippen molar-refractivity contribution in [3.63, 3.8) is 0 Å². The Balaban J connectivity index is 1.25. The number of piperazine rings is 1. The van der Waals surface area contributed by atoms with Gasteiger partial charge in [-0.15, -0.1) is 0 Å². The predicted molar refractivity (Wildman–Crippen MR) is 124 cm³/mol. The number of benzene rings is 3. The number of nitrogens with zero attached hydrogens (tertiary/aromatic N) is 2. The number of carbonyl (C=O) groups is 2. The third-order valence-corrected chi connectivity index (χ3v) is 5.49. The molecule has 6 nitrogen and oxygen atoms in total. The van der Waals surface area contributed by atoms with Crippen LogP contribution in [0.5, 0.6) is 17.2 Å². The maximum atomic E-state index is 14.4. The van der Waals surface area contributed by atoms with E-state index in [0.717, 1.165) is 5.75 Å². The molecular weight excluding hydrogens is 423 g/mol. The molecule has 3 aromatic carbocycles. The van der Waals surface area contributed by atoms with Crippen LogP contribution in [0.1, 0.15) is 17.3 Å². The number of hydrogen-bond acceptors (Lipinski definition) is 5. The van der Waals surface area contributed by atoms with Crippen molar-refractivity contribution in [3.05, 3.63) is 84.2 Å². The van der Waals surface area contributed by atoms with Gasteiger partial charge in [0.1, 0.15) is 23.1 Å². The van der Waals surface area contributed by atoms with E-state index in [4.69, 9.17) is 9.47 Å². The first kappa shape index (κ1) is 22.3. The number of Topliss-reactive ketones (excluding diaryl/α,β-unsaturated/α-hetero) is 1. The molecule has 3 aromatic rings. The molecule has 0 saturated carbocycles. The molecule has 0 unspecified atom stereocenters. The third kappa shape index (κ3) is 5.68. The van der Waals surface area contributed by atoms with Crippen LogP contribution in [-0.2, 0) is 4.79 Å². The van der Waals surface area contributed by atoms with Crippen molar-refractivity contribution in [2.24, 2.45) is 0 Å². The van der Waals surface area contributed by atoms with E-state index in [1.807, 2.05) is 35.2 Å². The molecule has 0 spiro atoms. The summed E-state index contributed by atoms with van der Waals surface area (Å²) in [5.41, 5.74) is 0.794. The molecule has 1 aliphatic rings. The molecular formula is C26H25FN2O4. The lowest BCUT2D eigenvalue weighted by molar-refractivity contribution is -0.133. The smallest absolute Gasteiger partial charge is 0.260 e. The van der Waals surface area contributed by atoms with Gasteiger partial charge < -0.3 is 19.3 Å². The molecule has 4 rings (SSSR count). The molecule has 1 amide bonds. The standard InChI is InChI=1S/C26H25FN2O4/c1-19(30)20-7-12-25(24(27)17-20)28-13-15-29(16-14-28)26(31)18-32-21-8-10-23(11-9-21)33-22-5-3-2-4-6-22/h2-12,17H,13-16,18H2,1H3. The predicted octanol–water partition coefficient (Wildman–Crippen LogP) is 4.55. The molecule has 0 aliphatic carbocycles. The second-order valence-electron chi connectivity index (χ2n) is 7.77. The number of anilines is 1. The van der Waals surface area contributed by atoms with E-state index < -0.39 is 5.82 Å². The summed E-state index contributed by atoms with van der Waals surface area (Å²) in [4.78, 5) is 27.6. The van der Waals surface area contributed by atoms with Crippen LogP contribution in [0.3, 0.4) is 0 Å². The summed E-state index contributed by atoms with van der Waals surface area (Å²) in [6, 6.07) is 21.1. The molecule has 0 atom stereocenters. The van der Waals surface area contributed by atoms with Gasteiger partial charge in [0.25, 0.3) is 5.91 Å². The van der Waals surface area contributed by atoms with Crippen molar-refractivity contribution < 1.29 is 23.5 Å². The molecule has 33 heavy (non-hydrogen) atoms. The summed E-state index contributed by atoms with van der Waals surface area (Å²) in [6.45, 7) is 3.30. The van der Waals surface area contributed by atoms with Crippen molar-refractivity contribution in [2.75, 3.05) is 37.7 Å². The number of ether oxygens (including phenoxy) is 2. The van der Waals surface area contributed by atoms with Crippen LogP contribution >= 0.6 is 0 Å². The van der Waals surface area contributed by atoms with Gasteiger partial charge in [-0.1, -0.05) is 18.2 Å². The van der Waals surface area contributed by atoms with E-state index in [2.05, 4.69) is 0 Å². The zero-order valence-electron chi connectivity index (χ0n) is 18.4. The van der Waals surface area contributed by atoms with Gasteiger partial charge in [-0.2, -0.15) is 0 Å². The fraction of sp³-hybridized carbons (Fsp3) is 0.231. The Labute approximate surface area is 192 Å². The first-order valence-corrected chi connectivity index (χ1v) is 10.8. The van der Waals surface area contributed by atoms with E-state index in [1.54, 1.807) is 41.3 Å². The monoisotopic (exact) mass is 448 g/mol. The van der Waals surface area contributed by atoms with Crippen molar-refractivity contribution in [1.82, 2.24) is 4.90 Å². The quantitative estimate of drug-likeness (QED) is 0.497. The number of para-hydroxylation sites is 1. The van der Waals surface area contributed by atoms with Crippen molar-refractivity contribution in [1.29, 1.82) is 0 Å². The minimum atomic E-state index is -0.425. The lowest BCUT2D eigenvalue weighted by atomic mass is 10.1. The Morgan fingerprint density at radius 1 is 0.848 bits per heavy atom. The van der Waals surface area contributed by atoms with Crippen LogP contribution in [0.2, 0.25) is 0 Å². The lowest BCUT2D eigenvalue weighted by Gasteiger charge is -2.36. The van der Waals surface area contributed by atoms with Crippen molar-refractivity contribution >= 4 is 17.4 Å². The minimum Gasteiger partial charge on any atom is -0.484 e. The number of halogens is 1. The highest BCUT2D eigenvalue weighted by Crippen LogP contribution is 2.24. The molecule has 170 valence electrons. The molecule has 7 heteroatoms. The molecule has 0 radical (unpaired) electrons. The summed E-state index contributed by atoms with van der Waals surface area (Å²) in [7, 11) is 0. The number of rotatable bonds is 7. The Bertz CT molecular complexity index is 1110. The highest BCUT2D eigenvalue weighted by Gasteiger charge is 2.23. The van der Waals surface area contributed by atoms with Crippen LogP contribution in [0, 0.1) is 5.82 Å². The highest BCUT2D eigenvalue weighted by molar-refractivity contribution is 5.94. The topological polar surface area (TPSA) is 59.1 Å². The van der Waals surface area contributed by atoms with Crippen LogP contribution in [0.15, 0.2) is 72.8 Å². The molecule has 0 aromatic heterocycles. The Morgan fingerprint density at radius 2 is 1.48 bits per heavy atom. The van der Waals surface area contributed by atoms with E-state index in [1.165, 1.54) is 13.0 Å².